The lowest BCUT2D eigenvalue weighted by Crippen LogP contribution is -2.01. The number of nitrogens with one attached hydrogen (secondary N) is 1. The first-order chi connectivity index (χ1) is 9.49. The Morgan fingerprint density at radius 1 is 1.35 bits per heavy atom. The maximum Gasteiger partial charge on any atom is 0.294 e. The topological polar surface area (TPSA) is 80.7 Å². The van der Waals surface area contributed by atoms with Crippen LogP contribution in [0, 0.1) is 24.0 Å². The van der Waals surface area contributed by atoms with Gasteiger partial charge in [0.25, 0.3) is 5.69 Å². The summed E-state index contributed by atoms with van der Waals surface area (Å²) < 4.78 is 5.43. The first kappa shape index (κ1) is 13.8. The molecule has 0 saturated heterocycles. The van der Waals surface area contributed by atoms with Crippen LogP contribution in [0.5, 0.6) is 0 Å². The molecule has 0 bridgehead atoms. The highest BCUT2D eigenvalue weighted by atomic mass is 16.6. The van der Waals surface area contributed by atoms with Crippen LogP contribution in [0.4, 0.5) is 11.4 Å². The van der Waals surface area contributed by atoms with Gasteiger partial charge >= 0.3 is 0 Å². The van der Waals surface area contributed by atoms with Gasteiger partial charge in [0.15, 0.2) is 0 Å². The minimum absolute atomic E-state index is 0.0100. The van der Waals surface area contributed by atoms with Gasteiger partial charge in [-0.25, -0.2) is 0 Å². The molecule has 2 aromatic rings. The number of benzene rings is 1. The van der Waals surface area contributed by atoms with Gasteiger partial charge in [0.05, 0.1) is 10.6 Å². The number of hydrogen-bond acceptors (Lipinski definition) is 5. The lowest BCUT2D eigenvalue weighted by molar-refractivity contribution is -0.384. The molecule has 104 valence electrons. The number of aryl methyl sites for hydroxylation is 2. The molecule has 2 rings (SSSR count). The molecule has 0 aliphatic heterocycles. The highest BCUT2D eigenvalue weighted by Crippen LogP contribution is 2.23. The van der Waals surface area contributed by atoms with Crippen molar-refractivity contribution in [2.45, 2.75) is 20.8 Å². The van der Waals surface area contributed by atoms with Crippen molar-refractivity contribution in [3.8, 4) is 0 Å². The van der Waals surface area contributed by atoms with Crippen LogP contribution in [0.1, 0.15) is 24.0 Å². The number of hydrogen-bond donors (Lipinski definition) is 1. The molecule has 0 aliphatic carbocycles. The molecule has 0 radical (unpaired) electrons. The third-order valence-corrected chi connectivity index (χ3v) is 2.88. The summed E-state index contributed by atoms with van der Waals surface area (Å²) in [5.74, 6) is 1.57. The third-order valence-electron chi connectivity index (χ3n) is 2.88. The largest absolute Gasteiger partial charge is 0.466 e. The molecule has 1 N–H and O–H groups in total. The molecule has 1 heterocycles. The standard InChI is InChI=1S/C14H15N3O3/c1-9-8-12(11(3)20-9)10(2)15-16-13-6-4-5-7-14(13)17(18)19/h4-8,16H,1-3H3/b15-10-. The third kappa shape index (κ3) is 2.85. The minimum Gasteiger partial charge on any atom is -0.466 e. The second kappa shape index (κ2) is 5.56. The first-order valence-electron chi connectivity index (χ1n) is 6.10. The van der Waals surface area contributed by atoms with E-state index in [0.29, 0.717) is 11.4 Å². The van der Waals surface area contributed by atoms with Gasteiger partial charge in [0, 0.05) is 11.6 Å². The summed E-state index contributed by atoms with van der Waals surface area (Å²) in [6.45, 7) is 5.53. The maximum atomic E-state index is 10.9. The molecule has 0 atom stereocenters. The highest BCUT2D eigenvalue weighted by Gasteiger charge is 2.12. The number of nitrogens with zero attached hydrogens (tertiary/aromatic N) is 2. The lowest BCUT2D eigenvalue weighted by Gasteiger charge is -2.03. The van der Waals surface area contributed by atoms with Crippen LogP contribution >= 0.6 is 0 Å². The Bertz CT molecular complexity index is 674. The van der Waals surface area contributed by atoms with E-state index in [4.69, 9.17) is 4.42 Å². The fourth-order valence-electron chi connectivity index (χ4n) is 1.92. The van der Waals surface area contributed by atoms with Crippen LogP contribution in [0.2, 0.25) is 0 Å². The van der Waals surface area contributed by atoms with E-state index in [1.54, 1.807) is 18.2 Å². The first-order valence-corrected chi connectivity index (χ1v) is 6.10. The van der Waals surface area contributed by atoms with Crippen LogP contribution in [-0.2, 0) is 0 Å². The Morgan fingerprint density at radius 2 is 2.05 bits per heavy atom. The maximum absolute atomic E-state index is 10.9. The number of rotatable bonds is 4. The summed E-state index contributed by atoms with van der Waals surface area (Å²) in [5.41, 5.74) is 4.67. The van der Waals surface area contributed by atoms with E-state index in [2.05, 4.69) is 10.5 Å². The van der Waals surface area contributed by atoms with Crippen LogP contribution in [0.25, 0.3) is 0 Å². The molecule has 6 nitrogen and oxygen atoms in total. The van der Waals surface area contributed by atoms with Crippen LogP contribution in [0.15, 0.2) is 39.9 Å². The monoisotopic (exact) mass is 273 g/mol. The second-order valence-electron chi connectivity index (χ2n) is 4.41. The zero-order valence-corrected chi connectivity index (χ0v) is 11.5. The summed E-state index contributed by atoms with van der Waals surface area (Å²) in [7, 11) is 0. The average molecular weight is 273 g/mol. The predicted molar refractivity (Wildman–Crippen MR) is 77.1 cm³/mol. The summed E-state index contributed by atoms with van der Waals surface area (Å²) in [5, 5.41) is 15.1. The molecule has 20 heavy (non-hydrogen) atoms. The Hall–Kier alpha value is -2.63. The van der Waals surface area contributed by atoms with Gasteiger partial charge in [-0.05, 0) is 32.9 Å². The summed E-state index contributed by atoms with van der Waals surface area (Å²) in [6.07, 6.45) is 0. The summed E-state index contributed by atoms with van der Waals surface area (Å²) in [4.78, 5) is 10.5. The fourth-order valence-corrected chi connectivity index (χ4v) is 1.92. The molecule has 1 aromatic heterocycles. The molecule has 0 spiro atoms. The Morgan fingerprint density at radius 3 is 2.65 bits per heavy atom. The van der Waals surface area contributed by atoms with Gasteiger partial charge in [-0.15, -0.1) is 0 Å². The number of para-hydroxylation sites is 2. The quantitative estimate of drug-likeness (QED) is 0.524. The Balaban J connectivity index is 2.25. The van der Waals surface area contributed by atoms with Crippen molar-refractivity contribution in [3.05, 3.63) is 57.5 Å². The smallest absolute Gasteiger partial charge is 0.294 e. The molecule has 1 aromatic carbocycles. The van der Waals surface area contributed by atoms with Crippen molar-refractivity contribution in [2.75, 3.05) is 5.43 Å². The predicted octanol–water partition coefficient (Wildman–Crippen LogP) is 3.64. The van der Waals surface area contributed by atoms with Crippen molar-refractivity contribution < 1.29 is 9.34 Å². The molecule has 0 unspecified atom stereocenters. The number of nitro groups is 1. The number of anilines is 1. The Labute approximate surface area is 116 Å². The van der Waals surface area contributed by atoms with Gasteiger partial charge in [0.2, 0.25) is 0 Å². The zero-order chi connectivity index (χ0) is 14.7. The van der Waals surface area contributed by atoms with E-state index < -0.39 is 4.92 Å². The number of nitro benzene ring substituents is 1. The van der Waals surface area contributed by atoms with Gasteiger partial charge in [0.1, 0.15) is 17.2 Å². The summed E-state index contributed by atoms with van der Waals surface area (Å²) in [6, 6.07) is 8.26. The van der Waals surface area contributed by atoms with Gasteiger partial charge in [-0.1, -0.05) is 12.1 Å². The van der Waals surface area contributed by atoms with Crippen molar-refractivity contribution >= 4 is 17.1 Å². The van der Waals surface area contributed by atoms with Crippen molar-refractivity contribution in [1.82, 2.24) is 0 Å². The lowest BCUT2D eigenvalue weighted by atomic mass is 10.2. The van der Waals surface area contributed by atoms with E-state index in [-0.39, 0.29) is 5.69 Å². The molecule has 0 amide bonds. The Kier molecular flexibility index (Phi) is 3.84. The van der Waals surface area contributed by atoms with Crippen LogP contribution in [0.3, 0.4) is 0 Å². The fraction of sp³-hybridized carbons (Fsp3) is 0.214. The van der Waals surface area contributed by atoms with Crippen molar-refractivity contribution in [3.63, 3.8) is 0 Å². The van der Waals surface area contributed by atoms with Crippen molar-refractivity contribution in [2.24, 2.45) is 5.10 Å². The molecule has 0 saturated carbocycles. The van der Waals surface area contributed by atoms with Gasteiger partial charge in [-0.3, -0.25) is 15.5 Å². The number of hydrazone groups is 1. The second-order valence-corrected chi connectivity index (χ2v) is 4.41. The van der Waals surface area contributed by atoms with E-state index in [1.807, 2.05) is 26.8 Å². The van der Waals surface area contributed by atoms with E-state index in [1.165, 1.54) is 6.07 Å². The van der Waals surface area contributed by atoms with Gasteiger partial charge < -0.3 is 4.42 Å². The van der Waals surface area contributed by atoms with Crippen molar-refractivity contribution in [1.29, 1.82) is 0 Å². The van der Waals surface area contributed by atoms with Gasteiger partial charge in [-0.2, -0.15) is 5.10 Å². The highest BCUT2D eigenvalue weighted by molar-refractivity contribution is 6.00. The zero-order valence-electron chi connectivity index (χ0n) is 11.5. The molecule has 0 fully saturated rings. The minimum atomic E-state index is -0.444. The van der Waals surface area contributed by atoms with Crippen LogP contribution in [-0.4, -0.2) is 10.6 Å². The van der Waals surface area contributed by atoms with E-state index in [0.717, 1.165) is 17.1 Å². The normalized spacial score (nSPS) is 11.4. The molecular weight excluding hydrogens is 258 g/mol. The SMILES string of the molecule is C/C(=N/Nc1ccccc1[N+](=O)[O-])c1cc(C)oc1C. The molecule has 0 aliphatic rings. The molecule has 6 heteroatoms. The average Bonchev–Trinajstić information content (AvgIpc) is 2.75. The summed E-state index contributed by atoms with van der Waals surface area (Å²) >= 11 is 0. The van der Waals surface area contributed by atoms with E-state index >= 15 is 0 Å². The van der Waals surface area contributed by atoms with Crippen LogP contribution < -0.4 is 5.43 Å². The van der Waals surface area contributed by atoms with E-state index in [9.17, 15) is 10.1 Å². The number of furan rings is 1. The molecular formula is C14H15N3O3.